The van der Waals surface area contributed by atoms with Gasteiger partial charge in [0.15, 0.2) is 0 Å². The average molecular weight is 273 g/mol. The van der Waals surface area contributed by atoms with E-state index in [1.165, 1.54) is 0 Å². The summed E-state index contributed by atoms with van der Waals surface area (Å²) in [6.07, 6.45) is 5.83. The van der Waals surface area contributed by atoms with E-state index in [9.17, 15) is 0 Å². The maximum Gasteiger partial charge on any atom is 0.225 e. The monoisotopic (exact) mass is 272 g/mol. The molecule has 1 rings (SSSR count). The quantitative estimate of drug-likeness (QED) is 0.858. The summed E-state index contributed by atoms with van der Waals surface area (Å²) < 4.78 is 0.898. The van der Waals surface area contributed by atoms with Crippen LogP contribution in [0, 0.1) is 0 Å². The van der Waals surface area contributed by atoms with Gasteiger partial charge in [-0.15, -0.1) is 0 Å². The van der Waals surface area contributed by atoms with Crippen LogP contribution in [-0.2, 0) is 0 Å². The Labute approximate surface area is 99.0 Å². The molecule has 0 amide bonds. The van der Waals surface area contributed by atoms with Crippen molar-refractivity contribution in [3.8, 4) is 0 Å². The van der Waals surface area contributed by atoms with E-state index in [1.807, 2.05) is 0 Å². The Morgan fingerprint density at radius 1 is 1.33 bits per heavy atom. The van der Waals surface area contributed by atoms with E-state index in [2.05, 4.69) is 37.7 Å². The van der Waals surface area contributed by atoms with Crippen molar-refractivity contribution in [2.24, 2.45) is 5.73 Å². The van der Waals surface area contributed by atoms with E-state index >= 15 is 0 Å². The van der Waals surface area contributed by atoms with E-state index < -0.39 is 0 Å². The molecule has 0 spiro atoms. The Kier molecular flexibility index (Phi) is 5.57. The van der Waals surface area contributed by atoms with Gasteiger partial charge in [0.25, 0.3) is 0 Å². The van der Waals surface area contributed by atoms with Gasteiger partial charge in [-0.2, -0.15) is 0 Å². The van der Waals surface area contributed by atoms with Crippen LogP contribution < -0.4 is 10.6 Å². The van der Waals surface area contributed by atoms with Gasteiger partial charge in [-0.3, -0.25) is 0 Å². The van der Waals surface area contributed by atoms with E-state index in [1.54, 1.807) is 12.4 Å². The second kappa shape index (κ2) is 6.74. The van der Waals surface area contributed by atoms with E-state index in [0.717, 1.165) is 36.4 Å². The highest BCUT2D eigenvalue weighted by Gasteiger charge is 2.07. The van der Waals surface area contributed by atoms with Crippen LogP contribution in [0.1, 0.15) is 19.8 Å². The van der Waals surface area contributed by atoms with Gasteiger partial charge in [0, 0.05) is 32.0 Å². The maximum atomic E-state index is 5.56. The van der Waals surface area contributed by atoms with E-state index in [4.69, 9.17) is 5.73 Å². The second-order valence-electron chi connectivity index (χ2n) is 3.33. The van der Waals surface area contributed by atoms with Crippen molar-refractivity contribution in [3.05, 3.63) is 16.9 Å². The first-order valence-corrected chi connectivity index (χ1v) is 5.99. The number of anilines is 1. The third kappa shape index (κ3) is 4.13. The molecule has 0 aliphatic carbocycles. The molecule has 0 aliphatic heterocycles. The molecule has 0 bridgehead atoms. The van der Waals surface area contributed by atoms with Gasteiger partial charge >= 0.3 is 0 Å². The van der Waals surface area contributed by atoms with Crippen molar-refractivity contribution in [3.63, 3.8) is 0 Å². The standard InChI is InChI=1S/C10H17BrN4/c1-2-3-5-15(6-4-12)10-13-7-9(11)8-14-10/h7-8H,2-6,12H2,1H3. The molecule has 0 saturated heterocycles. The normalized spacial score (nSPS) is 10.3. The number of hydrogen-bond donors (Lipinski definition) is 1. The van der Waals surface area contributed by atoms with Gasteiger partial charge in [-0.25, -0.2) is 9.97 Å². The summed E-state index contributed by atoms with van der Waals surface area (Å²) in [5, 5.41) is 0. The predicted molar refractivity (Wildman–Crippen MR) is 65.9 cm³/mol. The van der Waals surface area contributed by atoms with Crippen LogP contribution in [0.3, 0.4) is 0 Å². The zero-order valence-electron chi connectivity index (χ0n) is 8.99. The van der Waals surface area contributed by atoms with E-state index in [0.29, 0.717) is 6.54 Å². The van der Waals surface area contributed by atoms with E-state index in [-0.39, 0.29) is 0 Å². The Hall–Kier alpha value is -0.680. The number of rotatable bonds is 6. The minimum atomic E-state index is 0.628. The summed E-state index contributed by atoms with van der Waals surface area (Å²) in [5.74, 6) is 0.761. The molecule has 4 nitrogen and oxygen atoms in total. The third-order valence-electron chi connectivity index (χ3n) is 2.07. The summed E-state index contributed by atoms with van der Waals surface area (Å²) in [5.41, 5.74) is 5.56. The molecule has 0 radical (unpaired) electrons. The highest BCUT2D eigenvalue weighted by Crippen LogP contribution is 2.11. The number of nitrogens with zero attached hydrogens (tertiary/aromatic N) is 3. The first-order chi connectivity index (χ1) is 7.27. The number of hydrogen-bond acceptors (Lipinski definition) is 4. The average Bonchev–Trinajstić information content (AvgIpc) is 2.25. The van der Waals surface area contributed by atoms with Crippen LogP contribution in [0.5, 0.6) is 0 Å². The summed E-state index contributed by atoms with van der Waals surface area (Å²) in [7, 11) is 0. The summed E-state index contributed by atoms with van der Waals surface area (Å²) in [6.45, 7) is 4.57. The van der Waals surface area contributed by atoms with Crippen molar-refractivity contribution < 1.29 is 0 Å². The molecule has 84 valence electrons. The van der Waals surface area contributed by atoms with Gasteiger partial charge in [-0.05, 0) is 22.4 Å². The zero-order chi connectivity index (χ0) is 11.1. The maximum absolute atomic E-state index is 5.56. The molecule has 0 aliphatic rings. The topological polar surface area (TPSA) is 55.0 Å². The van der Waals surface area contributed by atoms with Crippen LogP contribution in [-0.4, -0.2) is 29.6 Å². The minimum Gasteiger partial charge on any atom is -0.340 e. The summed E-state index contributed by atoms with van der Waals surface area (Å²) >= 11 is 3.32. The Morgan fingerprint density at radius 2 is 2.00 bits per heavy atom. The Bertz CT molecular complexity index is 275. The molecule has 0 unspecified atom stereocenters. The highest BCUT2D eigenvalue weighted by atomic mass is 79.9. The molecule has 2 N–H and O–H groups in total. The van der Waals surface area contributed by atoms with Crippen LogP contribution in [0.2, 0.25) is 0 Å². The van der Waals surface area contributed by atoms with Gasteiger partial charge in [0.1, 0.15) is 0 Å². The van der Waals surface area contributed by atoms with Crippen LogP contribution in [0.4, 0.5) is 5.95 Å². The lowest BCUT2D eigenvalue weighted by atomic mass is 10.3. The van der Waals surface area contributed by atoms with Gasteiger partial charge in [0.2, 0.25) is 5.95 Å². The fourth-order valence-electron chi connectivity index (χ4n) is 1.29. The second-order valence-corrected chi connectivity index (χ2v) is 4.25. The molecule has 0 fully saturated rings. The zero-order valence-corrected chi connectivity index (χ0v) is 10.6. The number of unbranched alkanes of at least 4 members (excludes halogenated alkanes) is 1. The molecule has 1 aromatic rings. The fraction of sp³-hybridized carbons (Fsp3) is 0.600. The highest BCUT2D eigenvalue weighted by molar-refractivity contribution is 9.10. The predicted octanol–water partition coefficient (Wildman–Crippen LogP) is 1.80. The fourth-order valence-corrected chi connectivity index (χ4v) is 1.49. The lowest BCUT2D eigenvalue weighted by Gasteiger charge is -2.21. The summed E-state index contributed by atoms with van der Waals surface area (Å²) in [4.78, 5) is 10.6. The molecule has 0 aromatic carbocycles. The number of halogens is 1. The van der Waals surface area contributed by atoms with Gasteiger partial charge < -0.3 is 10.6 Å². The van der Waals surface area contributed by atoms with Crippen LogP contribution >= 0.6 is 15.9 Å². The molecule has 5 heteroatoms. The smallest absolute Gasteiger partial charge is 0.225 e. The SMILES string of the molecule is CCCCN(CCN)c1ncc(Br)cn1. The Morgan fingerprint density at radius 3 is 2.53 bits per heavy atom. The third-order valence-corrected chi connectivity index (χ3v) is 2.48. The van der Waals surface area contributed by atoms with Gasteiger partial charge in [0.05, 0.1) is 4.47 Å². The lowest BCUT2D eigenvalue weighted by Crippen LogP contribution is -2.31. The molecular weight excluding hydrogens is 256 g/mol. The van der Waals surface area contributed by atoms with Crippen LogP contribution in [0.25, 0.3) is 0 Å². The molecule has 0 saturated carbocycles. The summed E-state index contributed by atoms with van der Waals surface area (Å²) in [6, 6.07) is 0. The molecule has 1 aromatic heterocycles. The minimum absolute atomic E-state index is 0.628. The van der Waals surface area contributed by atoms with Crippen molar-refractivity contribution in [1.29, 1.82) is 0 Å². The Balaban J connectivity index is 2.65. The molecule has 15 heavy (non-hydrogen) atoms. The van der Waals surface area contributed by atoms with Crippen molar-refractivity contribution in [2.75, 3.05) is 24.5 Å². The van der Waals surface area contributed by atoms with Crippen molar-refractivity contribution in [2.45, 2.75) is 19.8 Å². The number of aromatic nitrogens is 2. The van der Waals surface area contributed by atoms with Crippen molar-refractivity contribution in [1.82, 2.24) is 9.97 Å². The molecule has 0 atom stereocenters. The number of nitrogens with two attached hydrogens (primary N) is 1. The first-order valence-electron chi connectivity index (χ1n) is 5.20. The first kappa shape index (κ1) is 12.4. The largest absolute Gasteiger partial charge is 0.340 e. The van der Waals surface area contributed by atoms with Crippen LogP contribution in [0.15, 0.2) is 16.9 Å². The lowest BCUT2D eigenvalue weighted by molar-refractivity contribution is 0.697. The molecular formula is C10H17BrN4. The van der Waals surface area contributed by atoms with Crippen molar-refractivity contribution >= 4 is 21.9 Å². The molecule has 1 heterocycles. The van der Waals surface area contributed by atoms with Gasteiger partial charge in [-0.1, -0.05) is 13.3 Å².